The first-order chi connectivity index (χ1) is 6.66. The third kappa shape index (κ3) is 9.19. The summed E-state index contributed by atoms with van der Waals surface area (Å²) < 4.78 is 0. The second-order valence-electron chi connectivity index (χ2n) is 3.32. The highest BCUT2D eigenvalue weighted by atomic mass is 16.4. The molecule has 14 heavy (non-hydrogen) atoms. The third-order valence-electron chi connectivity index (χ3n) is 1.96. The number of hydrogen-bond donors (Lipinski definition) is 2. The Morgan fingerprint density at radius 3 is 2.07 bits per heavy atom. The van der Waals surface area contributed by atoms with Crippen molar-refractivity contribution in [2.45, 2.75) is 44.9 Å². The second kappa shape index (κ2) is 8.69. The summed E-state index contributed by atoms with van der Waals surface area (Å²) in [6.45, 7) is 0.174. The van der Waals surface area contributed by atoms with Gasteiger partial charge in [-0.2, -0.15) is 0 Å². The minimum absolute atomic E-state index is 0.0718. The monoisotopic (exact) mass is 202 g/mol. The number of carboxylic acids is 1. The molecule has 0 fully saturated rings. The molecule has 0 aliphatic carbocycles. The van der Waals surface area contributed by atoms with Crippen LogP contribution in [0.15, 0.2) is 0 Å². The van der Waals surface area contributed by atoms with Gasteiger partial charge in [0.2, 0.25) is 0 Å². The smallest absolute Gasteiger partial charge is 0.303 e. The Kier molecular flexibility index (Phi) is 8.13. The lowest BCUT2D eigenvalue weighted by Crippen LogP contribution is -2.01. The fraction of sp³-hybridized carbons (Fsp3) is 0.800. The molecule has 0 aromatic rings. The van der Waals surface area contributed by atoms with E-state index in [1.807, 2.05) is 0 Å². The topological polar surface area (TPSA) is 74.6 Å². The van der Waals surface area contributed by atoms with Crippen LogP contribution in [0.5, 0.6) is 0 Å². The first kappa shape index (κ1) is 13.1. The fourth-order valence-corrected chi connectivity index (χ4v) is 1.17. The first-order valence-corrected chi connectivity index (χ1v) is 5.01. The minimum Gasteiger partial charge on any atom is -0.481 e. The number of rotatable bonds is 9. The number of aliphatic carboxylic acids is 1. The quantitative estimate of drug-likeness (QED) is 0.554. The van der Waals surface area contributed by atoms with Crippen molar-refractivity contribution in [2.24, 2.45) is 0 Å². The van der Waals surface area contributed by atoms with Crippen LogP contribution in [0.1, 0.15) is 44.9 Å². The lowest BCUT2D eigenvalue weighted by atomic mass is 10.1. The van der Waals surface area contributed by atoms with Crippen molar-refractivity contribution < 1.29 is 19.8 Å². The summed E-state index contributed by atoms with van der Waals surface area (Å²) in [4.78, 5) is 21.3. The largest absolute Gasteiger partial charge is 0.481 e. The number of carbonyl (C=O) groups excluding carboxylic acids is 1. The van der Waals surface area contributed by atoms with Gasteiger partial charge in [0.1, 0.15) is 5.78 Å². The van der Waals surface area contributed by atoms with Crippen LogP contribution < -0.4 is 0 Å². The normalized spacial score (nSPS) is 10.1. The summed E-state index contributed by atoms with van der Waals surface area (Å²) in [5.41, 5.74) is 0. The number of carbonyl (C=O) groups is 2. The second-order valence-corrected chi connectivity index (χ2v) is 3.32. The van der Waals surface area contributed by atoms with Crippen LogP contribution in [0.25, 0.3) is 0 Å². The molecule has 0 unspecified atom stereocenters. The number of hydrogen-bond acceptors (Lipinski definition) is 3. The van der Waals surface area contributed by atoms with Gasteiger partial charge in [0.25, 0.3) is 0 Å². The van der Waals surface area contributed by atoms with Crippen LogP contribution >= 0.6 is 0 Å². The van der Waals surface area contributed by atoms with E-state index >= 15 is 0 Å². The van der Waals surface area contributed by atoms with Crippen molar-refractivity contribution in [3.63, 3.8) is 0 Å². The summed E-state index contributed by atoms with van der Waals surface area (Å²) in [5, 5.41) is 16.8. The maximum Gasteiger partial charge on any atom is 0.303 e. The molecule has 0 bridgehead atoms. The molecule has 82 valence electrons. The van der Waals surface area contributed by atoms with Gasteiger partial charge in [-0.25, -0.2) is 0 Å². The molecular formula is C10H18O4. The van der Waals surface area contributed by atoms with Gasteiger partial charge in [-0.05, 0) is 19.3 Å². The van der Waals surface area contributed by atoms with E-state index in [9.17, 15) is 9.59 Å². The standard InChI is InChI=1S/C10H18O4/c11-8-3-1-2-5-9(12)6-4-7-10(13)14/h11H,1-8H2,(H,13,14). The molecule has 0 spiro atoms. The van der Waals surface area contributed by atoms with Crippen molar-refractivity contribution in [1.29, 1.82) is 0 Å². The van der Waals surface area contributed by atoms with Crippen molar-refractivity contribution in [1.82, 2.24) is 0 Å². The van der Waals surface area contributed by atoms with Crippen LogP contribution in [0.3, 0.4) is 0 Å². The van der Waals surface area contributed by atoms with Crippen molar-refractivity contribution in [3.8, 4) is 0 Å². The molecule has 0 saturated carbocycles. The molecule has 0 amide bonds. The Bertz CT molecular complexity index is 177. The van der Waals surface area contributed by atoms with Crippen LogP contribution in [0.4, 0.5) is 0 Å². The molecule has 4 nitrogen and oxygen atoms in total. The number of ketones is 1. The molecule has 0 aromatic carbocycles. The van der Waals surface area contributed by atoms with Gasteiger partial charge in [0.05, 0.1) is 0 Å². The van der Waals surface area contributed by atoms with Crippen molar-refractivity contribution >= 4 is 11.8 Å². The molecule has 0 aliphatic rings. The highest BCUT2D eigenvalue weighted by molar-refractivity contribution is 5.78. The highest BCUT2D eigenvalue weighted by Gasteiger charge is 2.03. The Hall–Kier alpha value is -0.900. The van der Waals surface area contributed by atoms with Gasteiger partial charge in [-0.15, -0.1) is 0 Å². The van der Waals surface area contributed by atoms with E-state index in [2.05, 4.69) is 0 Å². The number of aliphatic hydroxyl groups is 1. The highest BCUT2D eigenvalue weighted by Crippen LogP contribution is 2.05. The van der Waals surface area contributed by atoms with Crippen LogP contribution in [-0.2, 0) is 9.59 Å². The Morgan fingerprint density at radius 2 is 1.50 bits per heavy atom. The number of Topliss-reactive ketones (excluding diaryl/α,β-unsaturated/α-hetero) is 1. The van der Waals surface area contributed by atoms with Crippen molar-refractivity contribution in [3.05, 3.63) is 0 Å². The predicted octanol–water partition coefficient (Wildman–Crippen LogP) is 1.36. The van der Waals surface area contributed by atoms with Crippen LogP contribution in [0.2, 0.25) is 0 Å². The van der Waals surface area contributed by atoms with E-state index in [1.54, 1.807) is 0 Å². The van der Waals surface area contributed by atoms with Gasteiger partial charge in [0, 0.05) is 25.9 Å². The maximum absolute atomic E-state index is 11.1. The van der Waals surface area contributed by atoms with E-state index in [1.165, 1.54) is 0 Å². The Labute approximate surface area is 83.9 Å². The van der Waals surface area contributed by atoms with Crippen molar-refractivity contribution in [2.75, 3.05) is 6.61 Å². The first-order valence-electron chi connectivity index (χ1n) is 5.01. The van der Waals surface area contributed by atoms with Gasteiger partial charge >= 0.3 is 5.97 Å². The zero-order chi connectivity index (χ0) is 10.8. The molecular weight excluding hydrogens is 184 g/mol. The number of aliphatic hydroxyl groups excluding tert-OH is 1. The van der Waals surface area contributed by atoms with E-state index in [0.717, 1.165) is 19.3 Å². The summed E-state index contributed by atoms with van der Waals surface area (Å²) >= 11 is 0. The van der Waals surface area contributed by atoms with E-state index in [0.29, 0.717) is 19.3 Å². The molecule has 0 aliphatic heterocycles. The Morgan fingerprint density at radius 1 is 0.857 bits per heavy atom. The molecule has 2 N–H and O–H groups in total. The van der Waals surface area contributed by atoms with E-state index in [-0.39, 0.29) is 18.8 Å². The fourth-order valence-electron chi connectivity index (χ4n) is 1.17. The Balaban J connectivity index is 3.24. The van der Waals surface area contributed by atoms with Gasteiger partial charge in [-0.3, -0.25) is 9.59 Å². The summed E-state index contributed by atoms with van der Waals surface area (Å²) in [6.07, 6.45) is 3.79. The van der Waals surface area contributed by atoms with Crippen LogP contribution in [0, 0.1) is 0 Å². The van der Waals surface area contributed by atoms with E-state index < -0.39 is 5.97 Å². The predicted molar refractivity (Wildman–Crippen MR) is 52.0 cm³/mol. The minimum atomic E-state index is -0.849. The van der Waals surface area contributed by atoms with Gasteiger partial charge < -0.3 is 10.2 Å². The SMILES string of the molecule is O=C(O)CCCC(=O)CCCCCO. The lowest BCUT2D eigenvalue weighted by Gasteiger charge is -1.99. The summed E-state index contributed by atoms with van der Waals surface area (Å²) in [7, 11) is 0. The molecule has 0 radical (unpaired) electrons. The zero-order valence-corrected chi connectivity index (χ0v) is 8.37. The lowest BCUT2D eigenvalue weighted by molar-refractivity contribution is -0.137. The summed E-state index contributed by atoms with van der Waals surface area (Å²) in [6, 6.07) is 0. The van der Waals surface area contributed by atoms with E-state index in [4.69, 9.17) is 10.2 Å². The van der Waals surface area contributed by atoms with Crippen LogP contribution in [-0.4, -0.2) is 28.6 Å². The summed E-state index contributed by atoms with van der Waals surface area (Å²) in [5.74, 6) is -0.720. The molecule has 4 heteroatoms. The van der Waals surface area contributed by atoms with Gasteiger partial charge in [-0.1, -0.05) is 6.42 Å². The molecule has 0 aromatic heterocycles. The number of carboxylic acid groups (broad SMARTS) is 1. The molecule has 0 saturated heterocycles. The average Bonchev–Trinajstić information content (AvgIpc) is 2.12. The molecule has 0 rings (SSSR count). The molecule has 0 atom stereocenters. The maximum atomic E-state index is 11.1. The molecule has 0 heterocycles. The average molecular weight is 202 g/mol. The zero-order valence-electron chi connectivity index (χ0n) is 8.37. The number of unbranched alkanes of at least 4 members (excludes halogenated alkanes) is 2. The van der Waals surface area contributed by atoms with Gasteiger partial charge in [0.15, 0.2) is 0 Å². The third-order valence-corrected chi connectivity index (χ3v) is 1.96.